The topological polar surface area (TPSA) is 60.8 Å². The van der Waals surface area contributed by atoms with Crippen LogP contribution in [-0.2, 0) is 15.7 Å². The fourth-order valence-corrected chi connectivity index (χ4v) is 3.31. The highest BCUT2D eigenvalue weighted by Gasteiger charge is 2.34. The highest BCUT2D eigenvalue weighted by atomic mass is 19.4. The number of hydrogen-bond acceptors (Lipinski definition) is 4. The summed E-state index contributed by atoms with van der Waals surface area (Å²) in [6.45, 7) is 2.56. The smallest absolute Gasteiger partial charge is 0.419 e. The molecule has 1 N–H and O–H groups in total. The van der Waals surface area contributed by atoms with Crippen molar-refractivity contribution in [3.05, 3.63) is 59.8 Å². The van der Waals surface area contributed by atoms with Crippen LogP contribution in [0.15, 0.2) is 48.7 Å². The van der Waals surface area contributed by atoms with Gasteiger partial charge in [0.2, 0.25) is 5.78 Å². The van der Waals surface area contributed by atoms with Crippen LogP contribution in [0.4, 0.5) is 19.0 Å². The van der Waals surface area contributed by atoms with Gasteiger partial charge in [0.15, 0.2) is 6.10 Å². The van der Waals surface area contributed by atoms with Crippen molar-refractivity contribution in [1.82, 2.24) is 0 Å². The number of aromatic nitrogens is 1. The number of carbonyl (C=O) groups is 2. The Kier molecular flexibility index (Phi) is 6.20. The van der Waals surface area contributed by atoms with Gasteiger partial charge in [0.25, 0.3) is 5.82 Å². The Morgan fingerprint density at radius 2 is 1.76 bits per heavy atom. The number of pyridine rings is 1. The van der Waals surface area contributed by atoms with E-state index in [0.29, 0.717) is 37.3 Å². The Bertz CT molecular complexity index is 846. The minimum Gasteiger partial charge on any atom is -0.454 e. The molecule has 5 nitrogen and oxygen atoms in total. The van der Waals surface area contributed by atoms with Gasteiger partial charge >= 0.3 is 12.1 Å². The maximum absolute atomic E-state index is 12.7. The zero-order valence-electron chi connectivity index (χ0n) is 15.9. The van der Waals surface area contributed by atoms with Crippen LogP contribution in [0.3, 0.4) is 0 Å². The highest BCUT2D eigenvalue weighted by molar-refractivity contribution is 6.00. The fourth-order valence-electron chi connectivity index (χ4n) is 3.31. The van der Waals surface area contributed by atoms with Crippen molar-refractivity contribution in [2.45, 2.75) is 32.0 Å². The van der Waals surface area contributed by atoms with Crippen LogP contribution in [0.1, 0.15) is 35.7 Å². The lowest BCUT2D eigenvalue weighted by Gasteiger charge is -2.27. The van der Waals surface area contributed by atoms with Crippen LogP contribution in [0, 0.1) is 5.92 Å². The zero-order valence-corrected chi connectivity index (χ0v) is 15.9. The van der Waals surface area contributed by atoms with Crippen LogP contribution in [0.2, 0.25) is 0 Å². The first-order chi connectivity index (χ1) is 13.8. The molecule has 0 saturated carbocycles. The van der Waals surface area contributed by atoms with Gasteiger partial charge in [-0.1, -0.05) is 30.3 Å². The number of benzene rings is 1. The van der Waals surface area contributed by atoms with E-state index in [-0.39, 0.29) is 11.7 Å². The summed E-state index contributed by atoms with van der Waals surface area (Å²) in [6.07, 6.45) is -3.32. The molecule has 29 heavy (non-hydrogen) atoms. The molecule has 1 fully saturated rings. The molecule has 1 atom stereocenters. The normalized spacial score (nSPS) is 16.3. The molecule has 0 radical (unpaired) electrons. The van der Waals surface area contributed by atoms with E-state index in [0.717, 1.165) is 12.3 Å². The number of rotatable bonds is 5. The summed E-state index contributed by atoms with van der Waals surface area (Å²) in [4.78, 5) is 29.3. The lowest BCUT2D eigenvalue weighted by molar-refractivity contribution is -0.367. The Morgan fingerprint density at radius 3 is 2.31 bits per heavy atom. The SMILES string of the molecule is C[C@H](OC(=O)C1CCN(c2ccc(C(F)(F)F)c[nH+]2)CC1)C(=O)c1ccccc1. The first-order valence-corrected chi connectivity index (χ1v) is 9.39. The maximum Gasteiger partial charge on any atom is 0.419 e. The Hall–Kier alpha value is -2.90. The second kappa shape index (κ2) is 8.63. The minimum absolute atomic E-state index is 0.254. The van der Waals surface area contributed by atoms with Gasteiger partial charge < -0.3 is 4.74 Å². The lowest BCUT2D eigenvalue weighted by Crippen LogP contribution is -2.40. The number of carbonyl (C=O) groups excluding carboxylic acids is 2. The van der Waals surface area contributed by atoms with E-state index >= 15 is 0 Å². The van der Waals surface area contributed by atoms with Crippen molar-refractivity contribution in [2.75, 3.05) is 18.0 Å². The zero-order chi connectivity index (χ0) is 21.0. The van der Waals surface area contributed by atoms with E-state index in [1.54, 1.807) is 37.3 Å². The third-order valence-corrected chi connectivity index (χ3v) is 5.01. The summed E-state index contributed by atoms with van der Waals surface area (Å²) < 4.78 is 43.3. The number of alkyl halides is 3. The average molecular weight is 407 g/mol. The molecule has 154 valence electrons. The first-order valence-electron chi connectivity index (χ1n) is 9.39. The van der Waals surface area contributed by atoms with Gasteiger partial charge in [-0.05, 0) is 25.8 Å². The van der Waals surface area contributed by atoms with Crippen LogP contribution in [0.5, 0.6) is 0 Å². The van der Waals surface area contributed by atoms with E-state index in [9.17, 15) is 22.8 Å². The number of ketones is 1. The van der Waals surface area contributed by atoms with Gasteiger partial charge in [0.05, 0.1) is 24.6 Å². The summed E-state index contributed by atoms with van der Waals surface area (Å²) in [6, 6.07) is 11.1. The average Bonchev–Trinajstić information content (AvgIpc) is 2.73. The second-order valence-electron chi connectivity index (χ2n) is 7.03. The number of hydrogen-bond donors (Lipinski definition) is 0. The second-order valence-corrected chi connectivity index (χ2v) is 7.03. The number of esters is 1. The van der Waals surface area contributed by atoms with Crippen molar-refractivity contribution in [2.24, 2.45) is 5.92 Å². The van der Waals surface area contributed by atoms with Crippen molar-refractivity contribution in [3.8, 4) is 0 Å². The third kappa shape index (κ3) is 5.13. The number of H-pyrrole nitrogens is 1. The van der Waals surface area contributed by atoms with E-state index in [1.807, 2.05) is 4.90 Å². The van der Waals surface area contributed by atoms with E-state index < -0.39 is 23.8 Å². The molecule has 2 aromatic rings. The van der Waals surface area contributed by atoms with Gasteiger partial charge in [-0.2, -0.15) is 13.2 Å². The molecule has 0 unspecified atom stereocenters. The summed E-state index contributed by atoms with van der Waals surface area (Å²) in [5.41, 5.74) is -0.253. The number of Topliss-reactive ketones (excluding diaryl/α,β-unsaturated/α-hetero) is 1. The van der Waals surface area contributed by atoms with Gasteiger partial charge in [0.1, 0.15) is 6.20 Å². The lowest BCUT2D eigenvalue weighted by atomic mass is 9.96. The molecule has 0 bridgehead atoms. The molecule has 1 saturated heterocycles. The number of ether oxygens (including phenoxy) is 1. The molecule has 0 aliphatic carbocycles. The van der Waals surface area contributed by atoms with Crippen molar-refractivity contribution in [1.29, 1.82) is 0 Å². The standard InChI is InChI=1S/C21H21F3N2O3/c1-14(19(27)15-5-3-2-4-6-15)29-20(28)16-9-11-26(12-10-16)18-8-7-17(13-25-18)21(22,23)24/h2-8,13-14,16H,9-12H2,1H3/p+1/t14-/m0/s1. The number of piperidine rings is 1. The molecule has 3 rings (SSSR count). The molecule has 2 heterocycles. The molecule has 1 aromatic heterocycles. The van der Waals surface area contributed by atoms with E-state index in [1.165, 1.54) is 6.07 Å². The van der Waals surface area contributed by atoms with Crippen molar-refractivity contribution in [3.63, 3.8) is 0 Å². The van der Waals surface area contributed by atoms with Crippen molar-refractivity contribution >= 4 is 17.6 Å². The molecule has 8 heteroatoms. The third-order valence-electron chi connectivity index (χ3n) is 5.01. The van der Waals surface area contributed by atoms with Gasteiger partial charge in [-0.15, -0.1) is 0 Å². The van der Waals surface area contributed by atoms with Gasteiger partial charge in [0, 0.05) is 11.6 Å². The molecular weight excluding hydrogens is 385 g/mol. The number of nitrogens with one attached hydrogen (secondary N) is 1. The molecule has 1 aliphatic rings. The highest BCUT2D eigenvalue weighted by Crippen LogP contribution is 2.29. The Balaban J connectivity index is 1.52. The molecule has 0 spiro atoms. The molecule has 0 amide bonds. The number of nitrogens with zero attached hydrogens (tertiary/aromatic N) is 1. The first kappa shape index (κ1) is 20.8. The van der Waals surface area contributed by atoms with Crippen LogP contribution < -0.4 is 9.88 Å². The summed E-state index contributed by atoms with van der Waals surface area (Å²) in [7, 11) is 0. The minimum atomic E-state index is -4.39. The predicted octanol–water partition coefficient (Wildman–Crippen LogP) is 3.55. The summed E-state index contributed by atoms with van der Waals surface area (Å²) in [5, 5.41) is 0. The molecular formula is C21H22F3N2O3+. The van der Waals surface area contributed by atoms with Crippen molar-refractivity contribution < 1.29 is 32.5 Å². The quantitative estimate of drug-likeness (QED) is 0.562. The Labute approximate surface area is 166 Å². The van der Waals surface area contributed by atoms with Crippen LogP contribution in [-0.4, -0.2) is 30.9 Å². The van der Waals surface area contributed by atoms with E-state index in [2.05, 4.69) is 4.98 Å². The van der Waals surface area contributed by atoms with Crippen LogP contribution in [0.25, 0.3) is 0 Å². The molecule has 1 aromatic carbocycles. The number of anilines is 1. The largest absolute Gasteiger partial charge is 0.454 e. The summed E-state index contributed by atoms with van der Waals surface area (Å²) in [5.74, 6) is -0.447. The van der Waals surface area contributed by atoms with Gasteiger partial charge in [-0.25, -0.2) is 4.98 Å². The predicted molar refractivity (Wildman–Crippen MR) is 99.3 cm³/mol. The molecule has 1 aliphatic heterocycles. The summed E-state index contributed by atoms with van der Waals surface area (Å²) >= 11 is 0. The maximum atomic E-state index is 12.7. The number of halogens is 3. The fraction of sp³-hybridized carbons (Fsp3) is 0.381. The monoisotopic (exact) mass is 407 g/mol. The van der Waals surface area contributed by atoms with Gasteiger partial charge in [-0.3, -0.25) is 14.5 Å². The Morgan fingerprint density at radius 1 is 1.10 bits per heavy atom. The van der Waals surface area contributed by atoms with Crippen LogP contribution >= 0.6 is 0 Å². The van der Waals surface area contributed by atoms with E-state index in [4.69, 9.17) is 4.74 Å². The number of aromatic amines is 1.